The van der Waals surface area contributed by atoms with Gasteiger partial charge in [0.05, 0.1) is 11.8 Å². The van der Waals surface area contributed by atoms with E-state index in [0.717, 1.165) is 38.9 Å². The van der Waals surface area contributed by atoms with Crippen LogP contribution in [0.5, 0.6) is 0 Å². The van der Waals surface area contributed by atoms with Gasteiger partial charge in [0.2, 0.25) is 5.12 Å². The molecule has 3 aromatic carbocycles. The van der Waals surface area contributed by atoms with E-state index in [-0.39, 0.29) is 24.1 Å². The number of carbonyl (C=O) groups excluding carboxylic acids is 2. The molecule has 3 rings (SSSR count). The Labute approximate surface area is 180 Å². The van der Waals surface area contributed by atoms with Crippen LogP contribution in [-0.4, -0.2) is 16.5 Å². The molecule has 0 bridgehead atoms. The van der Waals surface area contributed by atoms with Gasteiger partial charge in [-0.05, 0) is 47.0 Å². The van der Waals surface area contributed by atoms with E-state index in [1.54, 1.807) is 6.92 Å². The summed E-state index contributed by atoms with van der Waals surface area (Å²) < 4.78 is 5.34. The molecule has 0 aromatic heterocycles. The average Bonchev–Trinajstić information content (AvgIpc) is 2.74. The van der Waals surface area contributed by atoms with Gasteiger partial charge in [0.15, 0.2) is 0 Å². The molecule has 3 aromatic rings. The fourth-order valence-electron chi connectivity index (χ4n) is 2.74. The van der Waals surface area contributed by atoms with Crippen molar-refractivity contribution in [2.75, 3.05) is 0 Å². The van der Waals surface area contributed by atoms with Gasteiger partial charge in [0.25, 0.3) is 0 Å². The summed E-state index contributed by atoms with van der Waals surface area (Å²) >= 11 is 7.04. The molecule has 148 valence electrons. The predicted octanol–water partition coefficient (Wildman–Crippen LogP) is 5.89. The number of carbonyl (C=O) groups is 2. The maximum absolute atomic E-state index is 12.1. The van der Waals surface area contributed by atoms with E-state index in [9.17, 15) is 9.59 Å². The van der Waals surface area contributed by atoms with Crippen LogP contribution in [-0.2, 0) is 27.4 Å². The van der Waals surface area contributed by atoms with Crippen LogP contribution in [0.1, 0.15) is 18.1 Å². The van der Waals surface area contributed by atoms with Crippen LogP contribution in [0.4, 0.5) is 0 Å². The van der Waals surface area contributed by atoms with Crippen LogP contribution >= 0.6 is 23.4 Å². The molecule has 0 N–H and O–H groups in total. The van der Waals surface area contributed by atoms with Gasteiger partial charge in [-0.3, -0.25) is 9.59 Å². The minimum Gasteiger partial charge on any atom is -0.461 e. The molecule has 3 nitrogen and oxygen atoms in total. The number of halogens is 1. The Balaban J connectivity index is 1.64. The number of esters is 1. The number of hydrogen-bond donors (Lipinski definition) is 0. The molecule has 0 saturated heterocycles. The summed E-state index contributed by atoms with van der Waals surface area (Å²) in [4.78, 5) is 25.0. The maximum Gasteiger partial charge on any atom is 0.310 e. The summed E-state index contributed by atoms with van der Waals surface area (Å²) in [5, 5.41) is -0.630. The van der Waals surface area contributed by atoms with Crippen molar-refractivity contribution in [3.63, 3.8) is 0 Å². The van der Waals surface area contributed by atoms with Crippen LogP contribution < -0.4 is 0 Å². The summed E-state index contributed by atoms with van der Waals surface area (Å²) in [6, 6.07) is 25.0. The molecule has 0 aliphatic carbocycles. The first-order valence-corrected chi connectivity index (χ1v) is 10.5. The van der Waals surface area contributed by atoms with Crippen LogP contribution in [0.25, 0.3) is 11.1 Å². The van der Waals surface area contributed by atoms with E-state index in [2.05, 4.69) is 0 Å². The highest BCUT2D eigenvalue weighted by atomic mass is 35.5. The van der Waals surface area contributed by atoms with Gasteiger partial charge in [-0.15, -0.1) is 11.6 Å². The third-order valence-electron chi connectivity index (χ3n) is 4.28. The Morgan fingerprint density at radius 1 is 0.897 bits per heavy atom. The molecule has 0 heterocycles. The Kier molecular flexibility index (Phi) is 7.50. The lowest BCUT2D eigenvalue weighted by Crippen LogP contribution is -2.08. The Bertz CT molecular complexity index is 969. The highest BCUT2D eigenvalue weighted by Gasteiger charge is 2.14. The fraction of sp³-hybridized carbons (Fsp3) is 0.167. The number of thioether (sulfide) groups is 1. The highest BCUT2D eigenvalue weighted by Crippen LogP contribution is 2.33. The zero-order valence-corrected chi connectivity index (χ0v) is 17.6. The number of hydrogen-bond acceptors (Lipinski definition) is 4. The summed E-state index contributed by atoms with van der Waals surface area (Å²) in [6.07, 6.45) is 0.214. The van der Waals surface area contributed by atoms with E-state index in [0.29, 0.717) is 0 Å². The second-order valence-electron chi connectivity index (χ2n) is 6.55. The van der Waals surface area contributed by atoms with Crippen molar-refractivity contribution in [3.05, 3.63) is 90.0 Å². The first kappa shape index (κ1) is 21.2. The fourth-order valence-corrected chi connectivity index (χ4v) is 3.70. The number of ether oxygens (including phenoxy) is 1. The Hall–Kier alpha value is -2.56. The van der Waals surface area contributed by atoms with Crippen molar-refractivity contribution in [2.24, 2.45) is 0 Å². The molecule has 0 aliphatic heterocycles. The van der Waals surface area contributed by atoms with Crippen LogP contribution in [0.15, 0.2) is 83.8 Å². The third kappa shape index (κ3) is 6.21. The molecule has 29 heavy (non-hydrogen) atoms. The van der Waals surface area contributed by atoms with Gasteiger partial charge in [0, 0.05) is 4.90 Å². The normalized spacial score (nSPS) is 11.7. The summed E-state index contributed by atoms with van der Waals surface area (Å²) in [5.74, 6) is -0.265. The van der Waals surface area contributed by atoms with Gasteiger partial charge in [-0.1, -0.05) is 72.8 Å². The minimum atomic E-state index is -0.544. The molecule has 0 spiro atoms. The van der Waals surface area contributed by atoms with Gasteiger partial charge in [-0.25, -0.2) is 0 Å². The molecule has 1 unspecified atom stereocenters. The highest BCUT2D eigenvalue weighted by molar-refractivity contribution is 8.14. The zero-order valence-electron chi connectivity index (χ0n) is 16.0. The second kappa shape index (κ2) is 10.3. The summed E-state index contributed by atoms with van der Waals surface area (Å²) in [7, 11) is 0. The van der Waals surface area contributed by atoms with E-state index in [1.165, 1.54) is 0 Å². The number of alkyl halides is 1. The van der Waals surface area contributed by atoms with Crippen LogP contribution in [0.2, 0.25) is 0 Å². The van der Waals surface area contributed by atoms with Gasteiger partial charge in [0.1, 0.15) is 6.61 Å². The maximum atomic E-state index is 12.1. The SMILES string of the molecule is CC(Cl)C(=O)Sc1ccccc1-c1ccc(CC(=O)OCc2ccccc2)cc1. The smallest absolute Gasteiger partial charge is 0.310 e. The van der Waals surface area contributed by atoms with Crippen LogP contribution in [0.3, 0.4) is 0 Å². The van der Waals surface area contributed by atoms with E-state index >= 15 is 0 Å². The summed E-state index contributed by atoms with van der Waals surface area (Å²) in [5.41, 5.74) is 3.78. The first-order chi connectivity index (χ1) is 14.0. The molecule has 5 heteroatoms. The number of benzene rings is 3. The van der Waals surface area contributed by atoms with Crippen LogP contribution in [0, 0.1) is 0 Å². The largest absolute Gasteiger partial charge is 0.461 e. The molecule has 0 aliphatic rings. The van der Waals surface area contributed by atoms with E-state index in [4.69, 9.17) is 16.3 Å². The van der Waals surface area contributed by atoms with Crippen molar-refractivity contribution in [2.45, 2.75) is 30.2 Å². The molecule has 1 atom stereocenters. The molecular weight excluding hydrogens is 404 g/mol. The van der Waals surface area contributed by atoms with Gasteiger partial charge in [-0.2, -0.15) is 0 Å². The quantitative estimate of drug-likeness (QED) is 0.269. The van der Waals surface area contributed by atoms with E-state index < -0.39 is 5.38 Å². The van der Waals surface area contributed by atoms with Crippen molar-refractivity contribution in [1.29, 1.82) is 0 Å². The third-order valence-corrected chi connectivity index (χ3v) is 5.74. The average molecular weight is 425 g/mol. The van der Waals surface area contributed by atoms with Crippen molar-refractivity contribution in [1.82, 2.24) is 0 Å². The zero-order chi connectivity index (χ0) is 20.6. The number of rotatable bonds is 7. The first-order valence-electron chi connectivity index (χ1n) is 9.26. The van der Waals surface area contributed by atoms with Gasteiger partial charge >= 0.3 is 5.97 Å². The van der Waals surface area contributed by atoms with Gasteiger partial charge < -0.3 is 4.74 Å². The topological polar surface area (TPSA) is 43.4 Å². The minimum absolute atomic E-state index is 0.0862. The van der Waals surface area contributed by atoms with Crippen molar-refractivity contribution >= 4 is 34.4 Å². The lowest BCUT2D eigenvalue weighted by molar-refractivity contribution is -0.144. The molecular formula is C24H21ClO3S. The molecule has 0 amide bonds. The monoisotopic (exact) mass is 424 g/mol. The van der Waals surface area contributed by atoms with Crippen molar-refractivity contribution in [3.8, 4) is 11.1 Å². The molecule has 0 saturated carbocycles. The lowest BCUT2D eigenvalue weighted by Gasteiger charge is -2.10. The standard InChI is InChI=1S/C24H21ClO3S/c1-17(25)24(27)29-22-10-6-5-9-21(22)20-13-11-18(12-14-20)15-23(26)28-16-19-7-3-2-4-8-19/h2-14,17H,15-16H2,1H3. The Morgan fingerprint density at radius 3 is 2.24 bits per heavy atom. The van der Waals surface area contributed by atoms with Crippen molar-refractivity contribution < 1.29 is 14.3 Å². The Morgan fingerprint density at radius 2 is 1.55 bits per heavy atom. The molecule has 0 fully saturated rings. The molecule has 0 radical (unpaired) electrons. The predicted molar refractivity (Wildman–Crippen MR) is 118 cm³/mol. The second-order valence-corrected chi connectivity index (χ2v) is 8.25. The lowest BCUT2D eigenvalue weighted by atomic mass is 10.0. The van der Waals surface area contributed by atoms with E-state index in [1.807, 2.05) is 78.9 Å². The summed E-state index contributed by atoms with van der Waals surface area (Å²) in [6.45, 7) is 1.94.